The van der Waals surface area contributed by atoms with Gasteiger partial charge >= 0.3 is 11.9 Å². The summed E-state index contributed by atoms with van der Waals surface area (Å²) in [5, 5.41) is 18.8. The first-order chi connectivity index (χ1) is 11.1. The first-order valence-corrected chi connectivity index (χ1v) is 9.24. The Hall–Kier alpha value is -1.32. The number of fused-ring (bicyclic) bond motifs is 1. The molecule has 0 aromatic carbocycles. The molecule has 0 amide bonds. The molecule has 4 heteroatoms. The van der Waals surface area contributed by atoms with E-state index < -0.39 is 17.4 Å². The molecule has 2 aliphatic rings. The van der Waals surface area contributed by atoms with E-state index in [0.717, 1.165) is 44.9 Å². The summed E-state index contributed by atoms with van der Waals surface area (Å²) in [4.78, 5) is 22.9. The minimum atomic E-state index is -0.745. The normalized spacial score (nSPS) is 37.5. The molecule has 4 nitrogen and oxygen atoms in total. The van der Waals surface area contributed by atoms with Gasteiger partial charge in [0, 0.05) is 6.42 Å². The van der Waals surface area contributed by atoms with Crippen LogP contribution in [0.3, 0.4) is 0 Å². The van der Waals surface area contributed by atoms with Gasteiger partial charge in [-0.15, -0.1) is 0 Å². The standard InChI is InChI=1S/C20H32O4/c1-13(12-17(21)22)6-8-15-14(2)7-9-16-19(15,3)10-5-11-20(16,4)18(23)24/h13,15-16H,2,5-12H2,1,3-4H3,(H,21,22)(H,23,24)/t13-,15+,16?,19-,20+/m1/s1. The molecule has 1 unspecified atom stereocenters. The Morgan fingerprint density at radius 1 is 1.29 bits per heavy atom. The number of carbonyl (C=O) groups is 2. The van der Waals surface area contributed by atoms with Gasteiger partial charge in [-0.25, -0.2) is 0 Å². The van der Waals surface area contributed by atoms with E-state index in [-0.39, 0.29) is 23.7 Å². The highest BCUT2D eigenvalue weighted by Crippen LogP contribution is 2.62. The van der Waals surface area contributed by atoms with Gasteiger partial charge in [-0.3, -0.25) is 9.59 Å². The van der Waals surface area contributed by atoms with E-state index in [1.165, 1.54) is 5.57 Å². The van der Waals surface area contributed by atoms with Crippen LogP contribution in [-0.2, 0) is 9.59 Å². The van der Waals surface area contributed by atoms with Crippen molar-refractivity contribution in [3.05, 3.63) is 12.2 Å². The predicted octanol–water partition coefficient (Wildman–Crippen LogP) is 4.74. The Labute approximate surface area is 145 Å². The van der Waals surface area contributed by atoms with Crippen LogP contribution in [0, 0.1) is 28.6 Å². The number of rotatable bonds is 6. The maximum Gasteiger partial charge on any atom is 0.309 e. The minimum absolute atomic E-state index is 0.0241. The van der Waals surface area contributed by atoms with Crippen molar-refractivity contribution < 1.29 is 19.8 Å². The second-order valence-electron chi connectivity index (χ2n) is 8.66. The zero-order chi connectivity index (χ0) is 18.1. The predicted molar refractivity (Wildman–Crippen MR) is 93.7 cm³/mol. The Bertz CT molecular complexity index is 526. The molecule has 2 fully saturated rings. The smallest absolute Gasteiger partial charge is 0.309 e. The number of hydrogen-bond donors (Lipinski definition) is 2. The van der Waals surface area contributed by atoms with Crippen LogP contribution in [0.15, 0.2) is 12.2 Å². The van der Waals surface area contributed by atoms with Crippen molar-refractivity contribution in [1.29, 1.82) is 0 Å². The fourth-order valence-electron chi connectivity index (χ4n) is 5.59. The SMILES string of the molecule is C=C1CCC2[C@](C)(CCC[C@]2(C)C(=O)O)[C@H]1CC[C@@H](C)CC(=O)O. The molecule has 0 heterocycles. The fourth-order valence-corrected chi connectivity index (χ4v) is 5.59. The van der Waals surface area contributed by atoms with Gasteiger partial charge in [0.1, 0.15) is 0 Å². The summed E-state index contributed by atoms with van der Waals surface area (Å²) in [6.45, 7) is 10.5. The van der Waals surface area contributed by atoms with Crippen molar-refractivity contribution in [2.24, 2.45) is 28.6 Å². The minimum Gasteiger partial charge on any atom is -0.481 e. The van der Waals surface area contributed by atoms with Crippen molar-refractivity contribution in [3.63, 3.8) is 0 Å². The van der Waals surface area contributed by atoms with E-state index in [2.05, 4.69) is 13.5 Å². The van der Waals surface area contributed by atoms with Gasteiger partial charge in [0.2, 0.25) is 0 Å². The molecular weight excluding hydrogens is 304 g/mol. The van der Waals surface area contributed by atoms with Crippen molar-refractivity contribution >= 4 is 11.9 Å². The van der Waals surface area contributed by atoms with Gasteiger partial charge in [-0.2, -0.15) is 0 Å². The van der Waals surface area contributed by atoms with E-state index in [1.807, 2.05) is 13.8 Å². The van der Waals surface area contributed by atoms with E-state index in [9.17, 15) is 14.7 Å². The summed E-state index contributed by atoms with van der Waals surface area (Å²) in [6, 6.07) is 0. The molecule has 136 valence electrons. The molecule has 0 aromatic heterocycles. The summed E-state index contributed by atoms with van der Waals surface area (Å²) in [5.41, 5.74) is 0.577. The van der Waals surface area contributed by atoms with Crippen LogP contribution >= 0.6 is 0 Å². The Morgan fingerprint density at radius 2 is 1.96 bits per heavy atom. The number of carboxylic acid groups (broad SMARTS) is 2. The highest BCUT2D eigenvalue weighted by atomic mass is 16.4. The van der Waals surface area contributed by atoms with Gasteiger partial charge in [0.05, 0.1) is 5.41 Å². The zero-order valence-electron chi connectivity index (χ0n) is 15.3. The Morgan fingerprint density at radius 3 is 2.54 bits per heavy atom. The van der Waals surface area contributed by atoms with Crippen LogP contribution in [0.1, 0.15) is 72.1 Å². The molecule has 2 rings (SSSR count). The van der Waals surface area contributed by atoms with Crippen molar-refractivity contribution in [3.8, 4) is 0 Å². The monoisotopic (exact) mass is 336 g/mol. The molecule has 0 spiro atoms. The molecule has 5 atom stereocenters. The first-order valence-electron chi connectivity index (χ1n) is 9.24. The molecular formula is C20H32O4. The van der Waals surface area contributed by atoms with Crippen LogP contribution in [0.5, 0.6) is 0 Å². The summed E-state index contributed by atoms with van der Waals surface area (Å²) in [6.07, 6.45) is 6.57. The largest absolute Gasteiger partial charge is 0.481 e. The molecule has 0 saturated heterocycles. The lowest BCUT2D eigenvalue weighted by molar-refractivity contribution is -0.164. The van der Waals surface area contributed by atoms with Crippen molar-refractivity contribution in [2.45, 2.75) is 72.1 Å². The van der Waals surface area contributed by atoms with E-state index in [4.69, 9.17) is 5.11 Å². The third-order valence-electron chi connectivity index (χ3n) is 6.98. The molecule has 2 N–H and O–H groups in total. The van der Waals surface area contributed by atoms with Crippen LogP contribution in [0.25, 0.3) is 0 Å². The van der Waals surface area contributed by atoms with Gasteiger partial charge in [-0.1, -0.05) is 32.4 Å². The molecule has 0 aromatic rings. The summed E-state index contributed by atoms with van der Waals surface area (Å²) >= 11 is 0. The Kier molecular flexibility index (Phi) is 5.46. The average molecular weight is 336 g/mol. The third kappa shape index (κ3) is 3.38. The van der Waals surface area contributed by atoms with Crippen molar-refractivity contribution in [1.82, 2.24) is 0 Å². The van der Waals surface area contributed by atoms with E-state index >= 15 is 0 Å². The van der Waals surface area contributed by atoms with Crippen LogP contribution in [0.2, 0.25) is 0 Å². The first kappa shape index (κ1) is 19.0. The van der Waals surface area contributed by atoms with Crippen LogP contribution < -0.4 is 0 Å². The van der Waals surface area contributed by atoms with Crippen LogP contribution in [0.4, 0.5) is 0 Å². The van der Waals surface area contributed by atoms with Crippen molar-refractivity contribution in [2.75, 3.05) is 0 Å². The third-order valence-corrected chi connectivity index (χ3v) is 6.98. The topological polar surface area (TPSA) is 74.6 Å². The maximum absolute atomic E-state index is 12.0. The highest BCUT2D eigenvalue weighted by Gasteiger charge is 2.57. The van der Waals surface area contributed by atoms with Gasteiger partial charge in [0.15, 0.2) is 0 Å². The summed E-state index contributed by atoms with van der Waals surface area (Å²) in [5.74, 6) is -0.768. The van der Waals surface area contributed by atoms with Crippen LogP contribution in [-0.4, -0.2) is 22.2 Å². The second-order valence-corrected chi connectivity index (χ2v) is 8.66. The highest BCUT2D eigenvalue weighted by molar-refractivity contribution is 5.75. The lowest BCUT2D eigenvalue weighted by Gasteiger charge is -2.57. The van der Waals surface area contributed by atoms with Gasteiger partial charge < -0.3 is 10.2 Å². The van der Waals surface area contributed by atoms with Gasteiger partial charge in [0.25, 0.3) is 0 Å². The number of aliphatic carboxylic acids is 2. The maximum atomic E-state index is 12.0. The zero-order valence-corrected chi connectivity index (χ0v) is 15.3. The Balaban J connectivity index is 2.19. The number of carboxylic acids is 2. The van der Waals surface area contributed by atoms with E-state index in [0.29, 0.717) is 5.92 Å². The summed E-state index contributed by atoms with van der Waals surface area (Å²) in [7, 11) is 0. The quantitative estimate of drug-likeness (QED) is 0.687. The van der Waals surface area contributed by atoms with Gasteiger partial charge in [-0.05, 0) is 68.6 Å². The number of hydrogen-bond acceptors (Lipinski definition) is 2. The lowest BCUT2D eigenvalue weighted by atomic mass is 9.46. The molecule has 24 heavy (non-hydrogen) atoms. The van der Waals surface area contributed by atoms with E-state index in [1.54, 1.807) is 0 Å². The molecule has 2 aliphatic carbocycles. The molecule has 2 saturated carbocycles. The summed E-state index contributed by atoms with van der Waals surface area (Å²) < 4.78 is 0. The molecule has 0 aliphatic heterocycles. The lowest BCUT2D eigenvalue weighted by Crippen LogP contribution is -2.53. The number of allylic oxidation sites excluding steroid dienone is 1. The second kappa shape index (κ2) is 6.89. The fraction of sp³-hybridized carbons (Fsp3) is 0.800. The average Bonchev–Trinajstić information content (AvgIpc) is 2.45. The molecule has 0 radical (unpaired) electrons. The molecule has 0 bridgehead atoms.